The Morgan fingerprint density at radius 1 is 1.22 bits per heavy atom. The van der Waals surface area contributed by atoms with Crippen molar-refractivity contribution in [2.24, 2.45) is 0 Å². The third-order valence-corrected chi connectivity index (χ3v) is 4.32. The number of likely N-dealkylation sites (tertiary alicyclic amines) is 1. The molecule has 120 valence electrons. The van der Waals surface area contributed by atoms with Crippen molar-refractivity contribution in [3.8, 4) is 11.6 Å². The van der Waals surface area contributed by atoms with Gasteiger partial charge in [-0.1, -0.05) is 11.2 Å². The van der Waals surface area contributed by atoms with Crippen LogP contribution in [0, 0.1) is 0 Å². The summed E-state index contributed by atoms with van der Waals surface area (Å²) in [4.78, 5) is 23.1. The molecular weight excluding hydrogens is 296 g/mol. The summed E-state index contributed by atoms with van der Waals surface area (Å²) in [5.41, 5.74) is 0.959. The summed E-state index contributed by atoms with van der Waals surface area (Å²) < 4.78 is 10.7. The van der Waals surface area contributed by atoms with E-state index in [1.165, 1.54) is 0 Å². The predicted molar refractivity (Wildman–Crippen MR) is 80.8 cm³/mol. The SMILES string of the molecule is O=C(c1cccc(-c2nc([C@@H]3CCOC3)no2)n1)N1CCCC1. The highest BCUT2D eigenvalue weighted by molar-refractivity contribution is 5.92. The second-order valence-corrected chi connectivity index (χ2v) is 5.93. The molecule has 2 fully saturated rings. The van der Waals surface area contributed by atoms with Crippen molar-refractivity contribution in [1.29, 1.82) is 0 Å². The zero-order valence-electron chi connectivity index (χ0n) is 12.8. The number of pyridine rings is 1. The average molecular weight is 314 g/mol. The fourth-order valence-electron chi connectivity index (χ4n) is 3.00. The van der Waals surface area contributed by atoms with Gasteiger partial charge in [0, 0.05) is 25.6 Å². The van der Waals surface area contributed by atoms with Crippen LogP contribution in [0.3, 0.4) is 0 Å². The molecule has 23 heavy (non-hydrogen) atoms. The standard InChI is InChI=1S/C16H18N4O3/c21-16(20-7-1-2-8-20)13-5-3-4-12(17-13)15-18-14(19-23-15)11-6-9-22-10-11/h3-5,11H,1-2,6-10H2/t11-/m1/s1. The number of carbonyl (C=O) groups is 1. The first-order valence-corrected chi connectivity index (χ1v) is 7.99. The fraction of sp³-hybridized carbons (Fsp3) is 0.500. The van der Waals surface area contributed by atoms with Gasteiger partial charge in [0.1, 0.15) is 11.4 Å². The maximum atomic E-state index is 12.4. The number of ether oxygens (including phenoxy) is 1. The summed E-state index contributed by atoms with van der Waals surface area (Å²) in [6, 6.07) is 5.31. The van der Waals surface area contributed by atoms with Crippen molar-refractivity contribution in [2.45, 2.75) is 25.2 Å². The molecule has 2 aromatic heterocycles. The Morgan fingerprint density at radius 3 is 2.87 bits per heavy atom. The van der Waals surface area contributed by atoms with E-state index in [4.69, 9.17) is 9.26 Å². The van der Waals surface area contributed by atoms with Crippen molar-refractivity contribution in [3.05, 3.63) is 29.7 Å². The largest absolute Gasteiger partial charge is 0.381 e. The molecule has 0 bridgehead atoms. The Balaban J connectivity index is 1.57. The van der Waals surface area contributed by atoms with Crippen molar-refractivity contribution in [2.75, 3.05) is 26.3 Å². The van der Waals surface area contributed by atoms with Gasteiger partial charge in [0.05, 0.1) is 6.61 Å². The van der Waals surface area contributed by atoms with Crippen LogP contribution in [0.2, 0.25) is 0 Å². The van der Waals surface area contributed by atoms with Gasteiger partial charge < -0.3 is 14.2 Å². The maximum absolute atomic E-state index is 12.4. The van der Waals surface area contributed by atoms with Crippen LogP contribution in [0.5, 0.6) is 0 Å². The maximum Gasteiger partial charge on any atom is 0.276 e. The number of aromatic nitrogens is 3. The minimum atomic E-state index is -0.0340. The summed E-state index contributed by atoms with van der Waals surface area (Å²) in [7, 11) is 0. The molecule has 4 heterocycles. The third-order valence-electron chi connectivity index (χ3n) is 4.32. The van der Waals surface area contributed by atoms with Gasteiger partial charge in [0.25, 0.3) is 11.8 Å². The number of hydrogen-bond donors (Lipinski definition) is 0. The molecule has 2 aliphatic heterocycles. The van der Waals surface area contributed by atoms with Gasteiger partial charge in [-0.2, -0.15) is 4.98 Å². The topological polar surface area (TPSA) is 81.3 Å². The van der Waals surface area contributed by atoms with Crippen molar-refractivity contribution < 1.29 is 14.1 Å². The van der Waals surface area contributed by atoms with Crippen LogP contribution in [-0.2, 0) is 4.74 Å². The summed E-state index contributed by atoms with van der Waals surface area (Å²) in [6.07, 6.45) is 3.02. The molecule has 1 amide bonds. The van der Waals surface area contributed by atoms with Crippen LogP contribution in [0.1, 0.15) is 41.5 Å². The van der Waals surface area contributed by atoms with Crippen LogP contribution in [0.15, 0.2) is 22.7 Å². The van der Waals surface area contributed by atoms with E-state index in [0.29, 0.717) is 29.7 Å². The lowest BCUT2D eigenvalue weighted by Gasteiger charge is -2.14. The van der Waals surface area contributed by atoms with Crippen LogP contribution in [0.25, 0.3) is 11.6 Å². The number of nitrogens with zero attached hydrogens (tertiary/aromatic N) is 4. The van der Waals surface area contributed by atoms with Gasteiger partial charge in [-0.15, -0.1) is 0 Å². The fourth-order valence-corrected chi connectivity index (χ4v) is 3.00. The van der Waals surface area contributed by atoms with Gasteiger partial charge >= 0.3 is 0 Å². The van der Waals surface area contributed by atoms with Crippen LogP contribution in [-0.4, -0.2) is 52.2 Å². The molecule has 0 aliphatic carbocycles. The van der Waals surface area contributed by atoms with Crippen LogP contribution < -0.4 is 0 Å². The van der Waals surface area contributed by atoms with E-state index in [9.17, 15) is 4.79 Å². The second kappa shape index (κ2) is 6.08. The van der Waals surface area contributed by atoms with Crippen molar-refractivity contribution in [1.82, 2.24) is 20.0 Å². The monoisotopic (exact) mass is 314 g/mol. The van der Waals surface area contributed by atoms with E-state index in [2.05, 4.69) is 15.1 Å². The zero-order valence-corrected chi connectivity index (χ0v) is 12.8. The van der Waals surface area contributed by atoms with E-state index >= 15 is 0 Å². The van der Waals surface area contributed by atoms with E-state index in [0.717, 1.165) is 39.0 Å². The number of carbonyl (C=O) groups excluding carboxylic acids is 1. The van der Waals surface area contributed by atoms with Gasteiger partial charge in [0.2, 0.25) is 0 Å². The molecule has 2 aliphatic rings. The smallest absolute Gasteiger partial charge is 0.276 e. The molecule has 0 saturated carbocycles. The van der Waals surface area contributed by atoms with Gasteiger partial charge in [0.15, 0.2) is 5.82 Å². The van der Waals surface area contributed by atoms with E-state index in [1.54, 1.807) is 18.2 Å². The molecule has 0 radical (unpaired) electrons. The number of amides is 1. The highest BCUT2D eigenvalue weighted by Crippen LogP contribution is 2.25. The van der Waals surface area contributed by atoms with Crippen molar-refractivity contribution in [3.63, 3.8) is 0 Å². The molecule has 0 aromatic carbocycles. The summed E-state index contributed by atoms with van der Waals surface area (Å²) in [5, 5.41) is 4.03. The van der Waals surface area contributed by atoms with E-state index < -0.39 is 0 Å². The summed E-state index contributed by atoms with van der Waals surface area (Å²) in [6.45, 7) is 2.96. The molecule has 7 nitrogen and oxygen atoms in total. The summed E-state index contributed by atoms with van der Waals surface area (Å²) in [5.74, 6) is 1.15. The Kier molecular flexibility index (Phi) is 3.78. The molecule has 2 saturated heterocycles. The molecule has 7 heteroatoms. The zero-order chi connectivity index (χ0) is 15.6. The first kappa shape index (κ1) is 14.3. The lowest BCUT2D eigenvalue weighted by molar-refractivity contribution is 0.0787. The third kappa shape index (κ3) is 2.84. The molecule has 0 unspecified atom stereocenters. The molecular formula is C16H18N4O3. The minimum absolute atomic E-state index is 0.0340. The Bertz CT molecular complexity index is 703. The Morgan fingerprint density at radius 2 is 2.09 bits per heavy atom. The molecule has 2 aromatic rings. The normalized spacial score (nSPS) is 21.0. The Hall–Kier alpha value is -2.28. The van der Waals surface area contributed by atoms with E-state index in [-0.39, 0.29) is 11.8 Å². The first-order valence-electron chi connectivity index (χ1n) is 7.99. The summed E-state index contributed by atoms with van der Waals surface area (Å²) >= 11 is 0. The average Bonchev–Trinajstić information content (AvgIpc) is 3.36. The Labute approximate surface area is 133 Å². The number of hydrogen-bond acceptors (Lipinski definition) is 6. The van der Waals surface area contributed by atoms with Gasteiger partial charge in [-0.25, -0.2) is 4.98 Å². The van der Waals surface area contributed by atoms with Crippen molar-refractivity contribution >= 4 is 5.91 Å². The molecule has 1 atom stereocenters. The van der Waals surface area contributed by atoms with E-state index in [1.807, 2.05) is 4.90 Å². The van der Waals surface area contributed by atoms with Crippen LogP contribution in [0.4, 0.5) is 0 Å². The lowest BCUT2D eigenvalue weighted by atomic mass is 10.1. The predicted octanol–water partition coefficient (Wildman–Crippen LogP) is 1.87. The minimum Gasteiger partial charge on any atom is -0.381 e. The number of rotatable bonds is 3. The van der Waals surface area contributed by atoms with Gasteiger partial charge in [-0.3, -0.25) is 4.79 Å². The molecule has 0 spiro atoms. The highest BCUT2D eigenvalue weighted by Gasteiger charge is 2.25. The van der Waals surface area contributed by atoms with Gasteiger partial charge in [-0.05, 0) is 31.4 Å². The first-order chi connectivity index (χ1) is 11.3. The second-order valence-electron chi connectivity index (χ2n) is 5.93. The molecule has 0 N–H and O–H groups in total. The highest BCUT2D eigenvalue weighted by atomic mass is 16.5. The van der Waals surface area contributed by atoms with Crippen LogP contribution >= 0.6 is 0 Å². The lowest BCUT2D eigenvalue weighted by Crippen LogP contribution is -2.28. The quantitative estimate of drug-likeness (QED) is 0.860. The molecule has 4 rings (SSSR count).